The number of Topliss-reactive ketones (excluding diaryl/α,β-unsaturated/α-hetero) is 1. The number of halogens is 1. The second-order valence-corrected chi connectivity index (χ2v) is 6.16. The van der Waals surface area contributed by atoms with Crippen LogP contribution in [0.5, 0.6) is 0 Å². The maximum atomic E-state index is 12.7. The summed E-state index contributed by atoms with van der Waals surface area (Å²) < 4.78 is 4.91. The highest BCUT2D eigenvalue weighted by atomic mass is 35.5. The van der Waals surface area contributed by atoms with E-state index in [-0.39, 0.29) is 11.7 Å². The molecule has 0 saturated heterocycles. The van der Waals surface area contributed by atoms with Gasteiger partial charge in [0.05, 0.1) is 7.11 Å². The Bertz CT molecular complexity index is 587. The van der Waals surface area contributed by atoms with Gasteiger partial charge in [0.1, 0.15) is 5.41 Å². The van der Waals surface area contributed by atoms with Crippen LogP contribution in [0.25, 0.3) is 0 Å². The van der Waals surface area contributed by atoms with Crippen molar-refractivity contribution < 1.29 is 14.3 Å². The molecule has 4 heteroatoms. The second kappa shape index (κ2) is 6.02. The second-order valence-electron chi connectivity index (χ2n) is 5.72. The molecule has 112 valence electrons. The number of benzene rings is 1. The van der Waals surface area contributed by atoms with Crippen LogP contribution in [0, 0.1) is 11.3 Å². The van der Waals surface area contributed by atoms with Crippen LogP contribution in [0.1, 0.15) is 25.8 Å². The molecule has 1 atom stereocenters. The van der Waals surface area contributed by atoms with Crippen molar-refractivity contribution in [2.75, 3.05) is 7.11 Å². The van der Waals surface area contributed by atoms with Gasteiger partial charge in [-0.15, -0.1) is 0 Å². The Morgan fingerprint density at radius 3 is 2.43 bits per heavy atom. The number of allylic oxidation sites excluding steroid dienone is 2. The average Bonchev–Trinajstić information content (AvgIpc) is 2.79. The molecule has 21 heavy (non-hydrogen) atoms. The number of methoxy groups -OCH3 is 1. The zero-order chi connectivity index (χ0) is 15.6. The summed E-state index contributed by atoms with van der Waals surface area (Å²) in [5.41, 5.74) is 0.494. The van der Waals surface area contributed by atoms with Gasteiger partial charge in [0.15, 0.2) is 5.78 Å². The topological polar surface area (TPSA) is 43.4 Å². The number of hydrogen-bond acceptors (Lipinski definition) is 3. The molecule has 0 aromatic heterocycles. The minimum Gasteiger partial charge on any atom is -0.468 e. The van der Waals surface area contributed by atoms with E-state index in [1.165, 1.54) is 7.11 Å². The first-order valence-corrected chi connectivity index (χ1v) is 7.36. The summed E-state index contributed by atoms with van der Waals surface area (Å²) in [6.07, 6.45) is 2.61. The van der Waals surface area contributed by atoms with Gasteiger partial charge in [0, 0.05) is 5.02 Å². The van der Waals surface area contributed by atoms with E-state index >= 15 is 0 Å². The van der Waals surface area contributed by atoms with Gasteiger partial charge in [-0.25, -0.2) is 0 Å². The number of carbonyl (C=O) groups excluding carboxylic acids is 2. The standard InChI is InChI=1S/C17H19ClO3/c1-11(2)14-8-9-17(15(14)19,16(20)21-3)10-12-4-6-13(18)7-5-12/h4-8,11H,9-10H2,1-3H3. The molecule has 1 aliphatic rings. The summed E-state index contributed by atoms with van der Waals surface area (Å²) in [6.45, 7) is 3.92. The molecular formula is C17H19ClO3. The third-order valence-corrected chi connectivity index (χ3v) is 4.24. The Labute approximate surface area is 129 Å². The van der Waals surface area contributed by atoms with Gasteiger partial charge in [-0.2, -0.15) is 0 Å². The molecular weight excluding hydrogens is 288 g/mol. The maximum Gasteiger partial charge on any atom is 0.320 e. The third-order valence-electron chi connectivity index (χ3n) is 3.98. The highest BCUT2D eigenvalue weighted by Crippen LogP contribution is 2.41. The van der Waals surface area contributed by atoms with Crippen molar-refractivity contribution in [3.05, 3.63) is 46.5 Å². The lowest BCUT2D eigenvalue weighted by molar-refractivity contribution is -0.156. The van der Waals surface area contributed by atoms with Crippen LogP contribution in [0.4, 0.5) is 0 Å². The average molecular weight is 307 g/mol. The van der Waals surface area contributed by atoms with Crippen LogP contribution >= 0.6 is 11.6 Å². The quantitative estimate of drug-likeness (QED) is 0.630. The molecule has 0 bridgehead atoms. The van der Waals surface area contributed by atoms with Crippen molar-refractivity contribution >= 4 is 23.4 Å². The minimum absolute atomic E-state index is 0.106. The summed E-state index contributed by atoms with van der Waals surface area (Å²) >= 11 is 5.88. The SMILES string of the molecule is COC(=O)C1(Cc2ccc(Cl)cc2)CC=C(C(C)C)C1=O. The number of hydrogen-bond donors (Lipinski definition) is 0. The van der Waals surface area contributed by atoms with Gasteiger partial charge in [-0.3, -0.25) is 9.59 Å². The molecule has 1 aliphatic carbocycles. The predicted octanol–water partition coefficient (Wildman–Crippen LogP) is 3.60. The third kappa shape index (κ3) is 2.88. The Hall–Kier alpha value is -1.61. The van der Waals surface area contributed by atoms with Crippen LogP contribution in [0.15, 0.2) is 35.9 Å². The highest BCUT2D eigenvalue weighted by molar-refractivity contribution is 6.30. The summed E-state index contributed by atoms with van der Waals surface area (Å²) in [5, 5.41) is 0.629. The van der Waals surface area contributed by atoms with E-state index in [4.69, 9.17) is 16.3 Å². The maximum absolute atomic E-state index is 12.7. The van der Waals surface area contributed by atoms with Gasteiger partial charge in [-0.1, -0.05) is 43.7 Å². The first kappa shape index (κ1) is 15.8. The van der Waals surface area contributed by atoms with Crippen LogP contribution in [0.3, 0.4) is 0 Å². The highest BCUT2D eigenvalue weighted by Gasteiger charge is 2.50. The molecule has 1 aromatic rings. The van der Waals surface area contributed by atoms with E-state index in [2.05, 4.69) is 0 Å². The molecule has 0 aliphatic heterocycles. The van der Waals surface area contributed by atoms with Crippen molar-refractivity contribution in [2.45, 2.75) is 26.7 Å². The molecule has 0 fully saturated rings. The fraction of sp³-hybridized carbons (Fsp3) is 0.412. The smallest absolute Gasteiger partial charge is 0.320 e. The Balaban J connectivity index is 2.35. The number of esters is 1. The van der Waals surface area contributed by atoms with Gasteiger partial charge < -0.3 is 4.74 Å². The molecule has 2 rings (SSSR count). The van der Waals surface area contributed by atoms with Crippen molar-refractivity contribution in [1.82, 2.24) is 0 Å². The number of carbonyl (C=O) groups is 2. The molecule has 0 amide bonds. The van der Waals surface area contributed by atoms with E-state index in [0.717, 1.165) is 11.1 Å². The van der Waals surface area contributed by atoms with Gasteiger partial charge in [-0.05, 0) is 42.0 Å². The van der Waals surface area contributed by atoms with Crippen LogP contribution in [-0.2, 0) is 20.7 Å². The van der Waals surface area contributed by atoms with Gasteiger partial charge in [0.2, 0.25) is 0 Å². The zero-order valence-electron chi connectivity index (χ0n) is 12.5. The van der Waals surface area contributed by atoms with E-state index in [9.17, 15) is 9.59 Å². The van der Waals surface area contributed by atoms with Gasteiger partial charge in [0.25, 0.3) is 0 Å². The molecule has 3 nitrogen and oxygen atoms in total. The molecule has 0 heterocycles. The first-order chi connectivity index (χ1) is 9.90. The summed E-state index contributed by atoms with van der Waals surface area (Å²) in [7, 11) is 1.33. The van der Waals surface area contributed by atoms with Crippen molar-refractivity contribution in [3.63, 3.8) is 0 Å². The number of ketones is 1. The van der Waals surface area contributed by atoms with Crippen molar-refractivity contribution in [3.8, 4) is 0 Å². The lowest BCUT2D eigenvalue weighted by Crippen LogP contribution is -2.40. The molecule has 0 N–H and O–H groups in total. The summed E-state index contributed by atoms with van der Waals surface area (Å²) in [4.78, 5) is 25.0. The number of rotatable bonds is 4. The van der Waals surface area contributed by atoms with Crippen molar-refractivity contribution in [2.24, 2.45) is 11.3 Å². The van der Waals surface area contributed by atoms with Gasteiger partial charge >= 0.3 is 5.97 Å². The summed E-state index contributed by atoms with van der Waals surface area (Å²) in [6, 6.07) is 7.21. The zero-order valence-corrected chi connectivity index (χ0v) is 13.2. The number of ether oxygens (including phenoxy) is 1. The first-order valence-electron chi connectivity index (χ1n) is 6.98. The van der Waals surface area contributed by atoms with Crippen molar-refractivity contribution in [1.29, 1.82) is 0 Å². The van der Waals surface area contributed by atoms with Crippen LogP contribution in [-0.4, -0.2) is 18.9 Å². The Kier molecular flexibility index (Phi) is 4.52. The summed E-state index contributed by atoms with van der Waals surface area (Å²) in [5.74, 6) is -0.470. The predicted molar refractivity (Wildman–Crippen MR) is 82.2 cm³/mol. The van der Waals surface area contributed by atoms with E-state index < -0.39 is 11.4 Å². The lowest BCUT2D eigenvalue weighted by atomic mass is 9.76. The molecule has 1 unspecified atom stereocenters. The normalized spacial score (nSPS) is 21.6. The molecule has 1 aromatic carbocycles. The molecule has 0 spiro atoms. The Morgan fingerprint density at radius 2 is 1.95 bits per heavy atom. The lowest BCUT2D eigenvalue weighted by Gasteiger charge is -2.25. The fourth-order valence-corrected chi connectivity index (χ4v) is 2.92. The minimum atomic E-state index is -1.12. The monoisotopic (exact) mass is 306 g/mol. The van der Waals surface area contributed by atoms with E-state index in [0.29, 0.717) is 17.9 Å². The fourth-order valence-electron chi connectivity index (χ4n) is 2.79. The molecule has 0 saturated carbocycles. The Morgan fingerprint density at radius 1 is 1.33 bits per heavy atom. The largest absolute Gasteiger partial charge is 0.468 e. The van der Waals surface area contributed by atoms with Crippen LogP contribution in [0.2, 0.25) is 5.02 Å². The van der Waals surface area contributed by atoms with E-state index in [1.807, 2.05) is 32.1 Å². The van der Waals surface area contributed by atoms with Crippen LogP contribution < -0.4 is 0 Å². The van der Waals surface area contributed by atoms with E-state index in [1.54, 1.807) is 12.1 Å². The molecule has 0 radical (unpaired) electrons.